The minimum absolute atomic E-state index is 0.0172. The van der Waals surface area contributed by atoms with Gasteiger partial charge in [-0.25, -0.2) is 0 Å². The maximum Gasteiger partial charge on any atom is 0.273 e. The standard InChI is InChI=1S/C10H13N3O3/c11-7-3-8(5-9(4-7)13(15)16)12-2-1-10(14)6-12/h3-5,10,14H,1-2,6,11H2. The number of nitro benzene ring substituents is 1. The number of hydrogen-bond acceptors (Lipinski definition) is 5. The SMILES string of the molecule is Nc1cc(N2CCC(O)C2)cc([N+](=O)[O-])c1. The van der Waals surface area contributed by atoms with Gasteiger partial charge in [0.05, 0.1) is 11.0 Å². The smallest absolute Gasteiger partial charge is 0.273 e. The maximum absolute atomic E-state index is 10.7. The molecule has 1 fully saturated rings. The van der Waals surface area contributed by atoms with E-state index in [4.69, 9.17) is 5.73 Å². The average molecular weight is 223 g/mol. The number of rotatable bonds is 2. The summed E-state index contributed by atoms with van der Waals surface area (Å²) in [7, 11) is 0. The lowest BCUT2D eigenvalue weighted by Crippen LogP contribution is -2.21. The second-order valence-electron chi connectivity index (χ2n) is 3.93. The van der Waals surface area contributed by atoms with Crippen LogP contribution in [0.2, 0.25) is 0 Å². The number of anilines is 2. The zero-order valence-corrected chi connectivity index (χ0v) is 8.67. The van der Waals surface area contributed by atoms with E-state index in [0.29, 0.717) is 30.9 Å². The molecule has 0 spiro atoms. The highest BCUT2D eigenvalue weighted by molar-refractivity contribution is 5.63. The Kier molecular flexibility index (Phi) is 2.66. The molecule has 3 N–H and O–H groups in total. The van der Waals surface area contributed by atoms with Crippen molar-refractivity contribution in [2.75, 3.05) is 23.7 Å². The van der Waals surface area contributed by atoms with Crippen molar-refractivity contribution in [2.45, 2.75) is 12.5 Å². The van der Waals surface area contributed by atoms with Gasteiger partial charge in [0.15, 0.2) is 0 Å². The summed E-state index contributed by atoms with van der Waals surface area (Å²) < 4.78 is 0. The molecular weight excluding hydrogens is 210 g/mol. The van der Waals surface area contributed by atoms with Gasteiger partial charge in [-0.3, -0.25) is 10.1 Å². The van der Waals surface area contributed by atoms with E-state index in [1.54, 1.807) is 6.07 Å². The summed E-state index contributed by atoms with van der Waals surface area (Å²) in [6.07, 6.45) is 0.322. The van der Waals surface area contributed by atoms with Gasteiger partial charge >= 0.3 is 0 Å². The highest BCUT2D eigenvalue weighted by atomic mass is 16.6. The Morgan fingerprint density at radius 2 is 2.25 bits per heavy atom. The minimum Gasteiger partial charge on any atom is -0.398 e. The zero-order valence-electron chi connectivity index (χ0n) is 8.67. The molecule has 1 aromatic carbocycles. The van der Waals surface area contributed by atoms with Gasteiger partial charge in [0.25, 0.3) is 5.69 Å². The number of nitrogens with two attached hydrogens (primary N) is 1. The van der Waals surface area contributed by atoms with Crippen molar-refractivity contribution < 1.29 is 10.0 Å². The summed E-state index contributed by atoms with van der Waals surface area (Å²) in [4.78, 5) is 12.1. The Hall–Kier alpha value is -1.82. The summed E-state index contributed by atoms with van der Waals surface area (Å²) >= 11 is 0. The zero-order chi connectivity index (χ0) is 11.7. The summed E-state index contributed by atoms with van der Waals surface area (Å²) in [6.45, 7) is 1.20. The van der Waals surface area contributed by atoms with Crippen molar-refractivity contribution in [2.24, 2.45) is 0 Å². The highest BCUT2D eigenvalue weighted by Gasteiger charge is 2.22. The first kappa shape index (κ1) is 10.7. The first-order valence-electron chi connectivity index (χ1n) is 5.04. The largest absolute Gasteiger partial charge is 0.398 e. The third-order valence-corrected chi connectivity index (χ3v) is 2.66. The number of aliphatic hydroxyl groups excluding tert-OH is 1. The molecule has 1 aliphatic heterocycles. The van der Waals surface area contributed by atoms with Crippen molar-refractivity contribution in [3.05, 3.63) is 28.3 Å². The fourth-order valence-electron chi connectivity index (χ4n) is 1.88. The van der Waals surface area contributed by atoms with E-state index in [-0.39, 0.29) is 11.8 Å². The van der Waals surface area contributed by atoms with E-state index in [2.05, 4.69) is 0 Å². The first-order valence-corrected chi connectivity index (χ1v) is 5.04. The Morgan fingerprint density at radius 1 is 1.50 bits per heavy atom. The van der Waals surface area contributed by atoms with Crippen molar-refractivity contribution in [1.82, 2.24) is 0 Å². The van der Waals surface area contributed by atoms with E-state index >= 15 is 0 Å². The van der Waals surface area contributed by atoms with Gasteiger partial charge in [0, 0.05) is 36.6 Å². The van der Waals surface area contributed by atoms with Crippen LogP contribution in [0.25, 0.3) is 0 Å². The first-order chi connectivity index (χ1) is 7.56. The van der Waals surface area contributed by atoms with Gasteiger partial charge in [-0.05, 0) is 12.5 Å². The van der Waals surface area contributed by atoms with Crippen LogP contribution in [0.4, 0.5) is 17.1 Å². The Bertz CT molecular complexity index is 422. The topological polar surface area (TPSA) is 92.6 Å². The summed E-state index contributed by atoms with van der Waals surface area (Å²) in [5.41, 5.74) is 6.65. The average Bonchev–Trinajstić information content (AvgIpc) is 2.64. The second-order valence-corrected chi connectivity index (χ2v) is 3.93. The molecule has 1 aromatic rings. The molecule has 1 unspecified atom stereocenters. The van der Waals surface area contributed by atoms with Crippen LogP contribution in [0.5, 0.6) is 0 Å². The highest BCUT2D eigenvalue weighted by Crippen LogP contribution is 2.27. The van der Waals surface area contributed by atoms with Gasteiger partial charge in [0.1, 0.15) is 0 Å². The Morgan fingerprint density at radius 3 is 2.81 bits per heavy atom. The van der Waals surface area contributed by atoms with Crippen LogP contribution in [0, 0.1) is 10.1 Å². The van der Waals surface area contributed by atoms with Crippen LogP contribution >= 0.6 is 0 Å². The molecule has 0 aromatic heterocycles. The molecule has 0 radical (unpaired) electrons. The van der Waals surface area contributed by atoms with Crippen LogP contribution in [0.3, 0.4) is 0 Å². The van der Waals surface area contributed by atoms with Gasteiger partial charge in [-0.2, -0.15) is 0 Å². The third-order valence-electron chi connectivity index (χ3n) is 2.66. The lowest BCUT2D eigenvalue weighted by Gasteiger charge is -2.17. The minimum atomic E-state index is -0.466. The fraction of sp³-hybridized carbons (Fsp3) is 0.400. The Balaban J connectivity index is 2.30. The van der Waals surface area contributed by atoms with Crippen LogP contribution in [-0.2, 0) is 0 Å². The van der Waals surface area contributed by atoms with E-state index < -0.39 is 4.92 Å². The van der Waals surface area contributed by atoms with E-state index in [1.165, 1.54) is 12.1 Å². The number of β-amino-alcohol motifs (C(OH)–C–C–N with tert-alkyl or cyclic N) is 1. The number of non-ortho nitro benzene ring substituents is 1. The summed E-state index contributed by atoms with van der Waals surface area (Å²) in [5, 5.41) is 20.1. The molecule has 2 rings (SSSR count). The normalized spacial score (nSPS) is 20.1. The molecule has 6 heteroatoms. The number of nitro groups is 1. The number of aliphatic hydroxyl groups is 1. The molecule has 0 amide bonds. The van der Waals surface area contributed by atoms with Gasteiger partial charge < -0.3 is 15.7 Å². The fourth-order valence-corrected chi connectivity index (χ4v) is 1.88. The summed E-state index contributed by atoms with van der Waals surface area (Å²) in [6, 6.07) is 4.50. The van der Waals surface area contributed by atoms with Crippen LogP contribution in [0.15, 0.2) is 18.2 Å². The van der Waals surface area contributed by atoms with E-state index in [1.807, 2.05) is 4.90 Å². The molecule has 1 atom stereocenters. The van der Waals surface area contributed by atoms with E-state index in [0.717, 1.165) is 0 Å². The molecule has 6 nitrogen and oxygen atoms in total. The van der Waals surface area contributed by atoms with Crippen molar-refractivity contribution in [3.63, 3.8) is 0 Å². The maximum atomic E-state index is 10.7. The molecule has 16 heavy (non-hydrogen) atoms. The Labute approximate surface area is 92.4 Å². The van der Waals surface area contributed by atoms with Crippen LogP contribution in [-0.4, -0.2) is 29.2 Å². The van der Waals surface area contributed by atoms with Crippen LogP contribution in [0.1, 0.15) is 6.42 Å². The predicted octanol–water partition coefficient (Wildman–Crippen LogP) is 0.748. The number of nitrogen functional groups attached to an aromatic ring is 1. The quantitative estimate of drug-likeness (QED) is 0.438. The second kappa shape index (κ2) is 3.97. The van der Waals surface area contributed by atoms with Gasteiger partial charge in [-0.1, -0.05) is 0 Å². The summed E-state index contributed by atoms with van der Waals surface area (Å²) in [5.74, 6) is 0. The predicted molar refractivity (Wildman–Crippen MR) is 60.3 cm³/mol. The molecule has 86 valence electrons. The monoisotopic (exact) mass is 223 g/mol. The van der Waals surface area contributed by atoms with Crippen molar-refractivity contribution in [1.29, 1.82) is 0 Å². The molecule has 1 heterocycles. The van der Waals surface area contributed by atoms with Crippen molar-refractivity contribution >= 4 is 17.1 Å². The van der Waals surface area contributed by atoms with Gasteiger partial charge in [0.2, 0.25) is 0 Å². The van der Waals surface area contributed by atoms with E-state index in [9.17, 15) is 15.2 Å². The molecular formula is C10H13N3O3. The van der Waals surface area contributed by atoms with Crippen LogP contribution < -0.4 is 10.6 Å². The molecule has 1 saturated heterocycles. The third kappa shape index (κ3) is 2.06. The number of benzene rings is 1. The molecule has 1 aliphatic rings. The molecule has 0 bridgehead atoms. The lowest BCUT2D eigenvalue weighted by molar-refractivity contribution is -0.384. The van der Waals surface area contributed by atoms with Crippen molar-refractivity contribution in [3.8, 4) is 0 Å². The number of hydrogen-bond donors (Lipinski definition) is 2. The van der Waals surface area contributed by atoms with Gasteiger partial charge in [-0.15, -0.1) is 0 Å². The molecule has 0 saturated carbocycles. The lowest BCUT2D eigenvalue weighted by atomic mass is 10.2. The molecule has 0 aliphatic carbocycles. The number of nitrogens with zero attached hydrogens (tertiary/aromatic N) is 2.